The van der Waals surface area contributed by atoms with Crippen molar-refractivity contribution >= 4 is 21.6 Å². The number of benzene rings is 1. The van der Waals surface area contributed by atoms with Crippen molar-refractivity contribution in [1.82, 2.24) is 0 Å². The minimum atomic E-state index is 0.0954. The highest BCUT2D eigenvalue weighted by atomic mass is 79.9. The molecule has 1 N–H and O–H groups in total. The predicted molar refractivity (Wildman–Crippen MR) is 76.4 cm³/mol. The van der Waals surface area contributed by atoms with Crippen LogP contribution in [0.15, 0.2) is 22.7 Å². The molecule has 96 valence electrons. The Bertz CT molecular complexity index is 489. The molecule has 1 fully saturated rings. The Morgan fingerprint density at radius 3 is 2.72 bits per heavy atom. The number of hydrogen-bond acceptors (Lipinski definition) is 2. The molecule has 18 heavy (non-hydrogen) atoms. The minimum Gasteiger partial charge on any atom is -0.381 e. The second kappa shape index (κ2) is 4.46. The highest BCUT2D eigenvalue weighted by molar-refractivity contribution is 9.10. The summed E-state index contributed by atoms with van der Waals surface area (Å²) >= 11 is 3.51. The smallest absolute Gasteiger partial charge is 0.0572 e. The van der Waals surface area contributed by atoms with E-state index in [2.05, 4.69) is 34.1 Å². The molecular formula is C15H18BrNO. The average molecular weight is 308 g/mol. The first-order valence-electron chi connectivity index (χ1n) is 6.55. The van der Waals surface area contributed by atoms with Gasteiger partial charge in [-0.1, -0.05) is 22.0 Å². The van der Waals surface area contributed by atoms with E-state index in [-0.39, 0.29) is 5.41 Å². The van der Waals surface area contributed by atoms with Gasteiger partial charge in [-0.05, 0) is 49.8 Å². The Hall–Kier alpha value is -0.670. The van der Waals surface area contributed by atoms with E-state index in [1.807, 2.05) is 0 Å². The molecule has 1 spiro atoms. The molecule has 1 aromatic carbocycles. The lowest BCUT2D eigenvalue weighted by Gasteiger charge is -2.36. The number of fused-ring (bicyclic) bond motifs is 1. The van der Waals surface area contributed by atoms with Crippen molar-refractivity contribution < 1.29 is 4.74 Å². The number of hydrogen-bond donors (Lipinski definition) is 1. The molecule has 0 heterocycles. The van der Waals surface area contributed by atoms with Crippen LogP contribution in [0.3, 0.4) is 0 Å². The van der Waals surface area contributed by atoms with Crippen LogP contribution >= 0.6 is 15.9 Å². The summed E-state index contributed by atoms with van der Waals surface area (Å²) in [6.45, 7) is 0. The van der Waals surface area contributed by atoms with Crippen LogP contribution in [-0.4, -0.2) is 18.9 Å². The first kappa shape index (κ1) is 12.4. The topological polar surface area (TPSA) is 33.1 Å². The molecule has 0 aliphatic heterocycles. The largest absolute Gasteiger partial charge is 0.381 e. The third-order valence-corrected chi connectivity index (χ3v) is 5.12. The van der Waals surface area contributed by atoms with E-state index in [1.165, 1.54) is 5.56 Å². The summed E-state index contributed by atoms with van der Waals surface area (Å²) in [5.41, 5.74) is 3.45. The highest BCUT2D eigenvalue weighted by Gasteiger charge is 2.44. The van der Waals surface area contributed by atoms with E-state index in [4.69, 9.17) is 10.1 Å². The number of methoxy groups -OCH3 is 1. The van der Waals surface area contributed by atoms with Crippen LogP contribution in [0.5, 0.6) is 0 Å². The normalized spacial score (nSPS) is 30.8. The Morgan fingerprint density at radius 1 is 1.33 bits per heavy atom. The lowest BCUT2D eigenvalue weighted by Crippen LogP contribution is -2.35. The molecular weight excluding hydrogens is 290 g/mol. The van der Waals surface area contributed by atoms with Gasteiger partial charge >= 0.3 is 0 Å². The molecule has 3 heteroatoms. The van der Waals surface area contributed by atoms with Gasteiger partial charge in [0.2, 0.25) is 0 Å². The van der Waals surface area contributed by atoms with Gasteiger partial charge in [0.05, 0.1) is 6.10 Å². The monoisotopic (exact) mass is 307 g/mol. The molecule has 0 atom stereocenters. The van der Waals surface area contributed by atoms with E-state index in [9.17, 15) is 0 Å². The van der Waals surface area contributed by atoms with E-state index in [0.717, 1.165) is 47.9 Å². The van der Waals surface area contributed by atoms with Crippen LogP contribution in [0.25, 0.3) is 0 Å². The molecule has 1 saturated carbocycles. The van der Waals surface area contributed by atoms with Gasteiger partial charge in [-0.25, -0.2) is 0 Å². The Balaban J connectivity index is 1.88. The SMILES string of the molecule is CO[C@H]1CC[C@]2(CC1)Cc1ccc(Br)cc1C2=N. The van der Waals surface area contributed by atoms with Gasteiger partial charge < -0.3 is 10.1 Å². The van der Waals surface area contributed by atoms with Crippen molar-refractivity contribution in [3.63, 3.8) is 0 Å². The maximum Gasteiger partial charge on any atom is 0.0572 e. The molecule has 0 unspecified atom stereocenters. The van der Waals surface area contributed by atoms with E-state index in [1.54, 1.807) is 7.11 Å². The van der Waals surface area contributed by atoms with Crippen LogP contribution in [0.1, 0.15) is 36.8 Å². The first-order valence-corrected chi connectivity index (χ1v) is 7.34. The highest BCUT2D eigenvalue weighted by Crippen LogP contribution is 2.47. The lowest BCUT2D eigenvalue weighted by atomic mass is 9.70. The van der Waals surface area contributed by atoms with Crippen LogP contribution in [0.2, 0.25) is 0 Å². The molecule has 1 aromatic rings. The molecule has 0 aromatic heterocycles. The summed E-state index contributed by atoms with van der Waals surface area (Å²) in [6, 6.07) is 6.37. The van der Waals surface area contributed by atoms with Gasteiger partial charge in [0.1, 0.15) is 0 Å². The lowest BCUT2D eigenvalue weighted by molar-refractivity contribution is 0.0467. The Labute approximate surface area is 116 Å². The Kier molecular flexibility index (Phi) is 3.07. The second-order valence-electron chi connectivity index (χ2n) is 5.57. The standard InChI is InChI=1S/C15H18BrNO/c1-18-12-4-6-15(7-5-12)9-10-2-3-11(16)8-13(10)14(15)17/h2-3,8,12,17H,4-7,9H2,1H3/t12-,15-. The van der Waals surface area contributed by atoms with Crippen molar-refractivity contribution in [2.45, 2.75) is 38.2 Å². The summed E-state index contributed by atoms with van der Waals surface area (Å²) < 4.78 is 6.52. The maximum atomic E-state index is 8.53. The van der Waals surface area contributed by atoms with E-state index in [0.29, 0.717) is 6.10 Å². The number of halogens is 1. The van der Waals surface area contributed by atoms with Gasteiger partial charge in [-0.3, -0.25) is 0 Å². The van der Waals surface area contributed by atoms with Gasteiger partial charge in [0.15, 0.2) is 0 Å². The molecule has 3 rings (SSSR count). The fourth-order valence-corrected chi connectivity index (χ4v) is 3.84. The molecule has 0 saturated heterocycles. The van der Waals surface area contributed by atoms with Crippen molar-refractivity contribution in [2.24, 2.45) is 5.41 Å². The van der Waals surface area contributed by atoms with Crippen molar-refractivity contribution in [3.05, 3.63) is 33.8 Å². The molecule has 0 bridgehead atoms. The molecule has 2 aliphatic carbocycles. The second-order valence-corrected chi connectivity index (χ2v) is 6.48. The summed E-state index contributed by atoms with van der Waals surface area (Å²) in [5, 5.41) is 8.53. The first-order chi connectivity index (χ1) is 8.64. The zero-order chi connectivity index (χ0) is 12.8. The zero-order valence-electron chi connectivity index (χ0n) is 10.6. The molecule has 2 nitrogen and oxygen atoms in total. The third-order valence-electron chi connectivity index (χ3n) is 4.62. The number of nitrogens with one attached hydrogen (secondary N) is 1. The number of ether oxygens (including phenoxy) is 1. The Morgan fingerprint density at radius 2 is 2.06 bits per heavy atom. The van der Waals surface area contributed by atoms with Crippen molar-refractivity contribution in [1.29, 1.82) is 5.41 Å². The van der Waals surface area contributed by atoms with Crippen molar-refractivity contribution in [3.8, 4) is 0 Å². The molecule has 0 amide bonds. The third kappa shape index (κ3) is 1.84. The predicted octanol–water partition coefficient (Wildman–Crippen LogP) is 3.95. The van der Waals surface area contributed by atoms with Crippen LogP contribution in [0.4, 0.5) is 0 Å². The van der Waals surface area contributed by atoms with Gasteiger partial charge in [0, 0.05) is 28.3 Å². The quantitative estimate of drug-likeness (QED) is 0.837. The summed E-state index contributed by atoms with van der Waals surface area (Å²) in [7, 11) is 1.80. The van der Waals surface area contributed by atoms with Crippen LogP contribution < -0.4 is 0 Å². The summed E-state index contributed by atoms with van der Waals surface area (Å²) in [4.78, 5) is 0. The van der Waals surface area contributed by atoms with Gasteiger partial charge in [-0.2, -0.15) is 0 Å². The van der Waals surface area contributed by atoms with Crippen molar-refractivity contribution in [2.75, 3.05) is 7.11 Å². The molecule has 0 radical (unpaired) electrons. The summed E-state index contributed by atoms with van der Waals surface area (Å²) in [5.74, 6) is 0. The van der Waals surface area contributed by atoms with E-state index < -0.39 is 0 Å². The fourth-order valence-electron chi connectivity index (χ4n) is 3.48. The number of rotatable bonds is 1. The van der Waals surface area contributed by atoms with Crippen LogP contribution in [-0.2, 0) is 11.2 Å². The summed E-state index contributed by atoms with van der Waals surface area (Å²) in [6.07, 6.45) is 5.82. The minimum absolute atomic E-state index is 0.0954. The average Bonchev–Trinajstić information content (AvgIpc) is 2.65. The maximum absolute atomic E-state index is 8.53. The van der Waals surface area contributed by atoms with E-state index >= 15 is 0 Å². The van der Waals surface area contributed by atoms with Gasteiger partial charge in [0.25, 0.3) is 0 Å². The zero-order valence-corrected chi connectivity index (χ0v) is 12.2. The molecule has 2 aliphatic rings. The fraction of sp³-hybridized carbons (Fsp3) is 0.533. The van der Waals surface area contributed by atoms with Gasteiger partial charge in [-0.15, -0.1) is 0 Å². The van der Waals surface area contributed by atoms with Crippen LogP contribution in [0, 0.1) is 10.8 Å².